The molecule has 288 valence electrons. The van der Waals surface area contributed by atoms with Gasteiger partial charge in [0.05, 0.1) is 9.84 Å². The summed E-state index contributed by atoms with van der Waals surface area (Å²) in [6, 6.07) is 17.3. The van der Waals surface area contributed by atoms with Crippen LogP contribution in [0, 0.1) is 5.41 Å². The average molecular weight is 845 g/mol. The van der Waals surface area contributed by atoms with E-state index in [1.165, 1.54) is 33.9 Å². The van der Waals surface area contributed by atoms with Gasteiger partial charge in [0.1, 0.15) is 12.0 Å². The van der Waals surface area contributed by atoms with Gasteiger partial charge >= 0.3 is 0 Å². The molecular formula is C45H59IN5O3+. The number of unbranched alkanes of at least 4 members (excludes halogenated alkanes) is 1. The monoisotopic (exact) mass is 844 g/mol. The first-order valence-corrected chi connectivity index (χ1v) is 21.2. The number of rotatable bonds is 15. The molecule has 9 heteroatoms. The minimum absolute atomic E-state index is 0.0915. The van der Waals surface area contributed by atoms with Crippen LogP contribution in [0.2, 0.25) is 0 Å². The lowest BCUT2D eigenvalue weighted by atomic mass is 9.70. The lowest BCUT2D eigenvalue weighted by Gasteiger charge is -2.35. The maximum Gasteiger partial charge on any atom is 0.236 e. The molecule has 8 nitrogen and oxygen atoms in total. The molecule has 2 aromatic rings. The summed E-state index contributed by atoms with van der Waals surface area (Å²) in [6.07, 6.45) is 14.5. The molecule has 5 rings (SSSR count). The second kappa shape index (κ2) is 17.6. The zero-order chi connectivity index (χ0) is 39.1. The number of alkyl halides is 1. The van der Waals surface area contributed by atoms with Gasteiger partial charge in [-0.3, -0.25) is 14.4 Å². The zero-order valence-corrected chi connectivity index (χ0v) is 35.4. The predicted molar refractivity (Wildman–Crippen MR) is 230 cm³/mol. The number of nitrogens with zero attached hydrogens (tertiary/aromatic N) is 2. The van der Waals surface area contributed by atoms with E-state index >= 15 is 0 Å². The molecule has 3 N–H and O–H groups in total. The van der Waals surface area contributed by atoms with Gasteiger partial charge in [-0.2, -0.15) is 4.58 Å². The second-order valence-corrected chi connectivity index (χ2v) is 16.5. The van der Waals surface area contributed by atoms with Gasteiger partial charge in [0.15, 0.2) is 5.71 Å². The molecule has 2 heterocycles. The number of hydrogen-bond donors (Lipinski definition) is 3. The number of fused-ring (bicyclic) bond motifs is 2. The lowest BCUT2D eigenvalue weighted by Crippen LogP contribution is -2.53. The molecule has 1 atom stereocenters. The number of para-hydroxylation sites is 2. The van der Waals surface area contributed by atoms with E-state index < -0.39 is 5.41 Å². The van der Waals surface area contributed by atoms with Crippen molar-refractivity contribution in [2.75, 3.05) is 42.1 Å². The molecule has 1 unspecified atom stereocenters. The largest absolute Gasteiger partial charge is 0.355 e. The Kier molecular flexibility index (Phi) is 13.5. The molecule has 0 aromatic heterocycles. The van der Waals surface area contributed by atoms with Crippen LogP contribution in [-0.4, -0.2) is 65.2 Å². The second-order valence-electron chi connectivity index (χ2n) is 15.7. The van der Waals surface area contributed by atoms with Gasteiger partial charge in [-0.05, 0) is 68.9 Å². The van der Waals surface area contributed by atoms with Gasteiger partial charge in [-0.25, -0.2) is 0 Å². The molecule has 0 saturated heterocycles. The van der Waals surface area contributed by atoms with Crippen LogP contribution in [-0.2, 0) is 25.2 Å². The van der Waals surface area contributed by atoms with Crippen molar-refractivity contribution in [2.45, 2.75) is 91.4 Å². The van der Waals surface area contributed by atoms with Crippen molar-refractivity contribution in [2.24, 2.45) is 5.41 Å². The first kappa shape index (κ1) is 41.2. The van der Waals surface area contributed by atoms with E-state index in [9.17, 15) is 14.4 Å². The highest BCUT2D eigenvalue weighted by Gasteiger charge is 2.49. The minimum Gasteiger partial charge on any atom is -0.355 e. The van der Waals surface area contributed by atoms with Crippen molar-refractivity contribution in [1.29, 1.82) is 0 Å². The normalized spacial score (nSPS) is 21.3. The molecule has 3 aliphatic rings. The van der Waals surface area contributed by atoms with Crippen LogP contribution in [0.1, 0.15) is 91.7 Å². The van der Waals surface area contributed by atoms with Gasteiger partial charge in [0.2, 0.25) is 23.4 Å². The maximum atomic E-state index is 14.4. The van der Waals surface area contributed by atoms with Crippen molar-refractivity contribution < 1.29 is 19.0 Å². The molecule has 2 aliphatic heterocycles. The fraction of sp³-hybridized carbons (Fsp3) is 0.467. The number of hydrogen-bond acceptors (Lipinski definition) is 4. The fourth-order valence-electron chi connectivity index (χ4n) is 8.34. The standard InChI is InChI=1S/C45H58IN5O3/c1-8-11-27-51-37-19-15-13-17-35(37)44(6,7)39(51)23-21-33-28-32(20-22-38-43(4,5)34-16-12-14-18-36(34)50(38)26-9-2)29-45(30-33,41(53)47-10-3)42(54)49-25-24-48-40(52)31-46/h12-23,28H,8-11,24-27,29-31H2,1-7H3,(H2-,47,48,49,52,53,54)/p+1. The number of halogens is 1. The number of carbonyl (C=O) groups excluding carboxylic acids is 3. The van der Waals surface area contributed by atoms with E-state index in [-0.39, 0.29) is 47.9 Å². The molecular weight excluding hydrogens is 785 g/mol. The number of anilines is 1. The third-order valence-electron chi connectivity index (χ3n) is 11.1. The van der Waals surface area contributed by atoms with Crippen LogP contribution in [0.4, 0.5) is 11.4 Å². The van der Waals surface area contributed by atoms with E-state index in [1.54, 1.807) is 0 Å². The van der Waals surface area contributed by atoms with Gasteiger partial charge in [0.25, 0.3) is 0 Å². The van der Waals surface area contributed by atoms with Gasteiger partial charge in [-0.1, -0.05) is 111 Å². The number of carbonyl (C=O) groups is 3. The summed E-state index contributed by atoms with van der Waals surface area (Å²) < 4.78 is 2.75. The minimum atomic E-state index is -1.37. The summed E-state index contributed by atoms with van der Waals surface area (Å²) in [7, 11) is 0. The van der Waals surface area contributed by atoms with Crippen LogP contribution >= 0.6 is 22.6 Å². The van der Waals surface area contributed by atoms with Crippen LogP contribution in [0.5, 0.6) is 0 Å². The highest BCUT2D eigenvalue weighted by Crippen LogP contribution is 2.48. The van der Waals surface area contributed by atoms with E-state index in [0.29, 0.717) is 17.5 Å². The summed E-state index contributed by atoms with van der Waals surface area (Å²) in [5, 5.41) is 8.85. The summed E-state index contributed by atoms with van der Waals surface area (Å²) in [5.41, 5.74) is 7.47. The quantitative estimate of drug-likeness (QED) is 0.0559. The Bertz CT molecular complexity index is 1900. The summed E-state index contributed by atoms with van der Waals surface area (Å²) in [5.74, 6) is -0.712. The van der Waals surface area contributed by atoms with E-state index in [0.717, 1.165) is 43.5 Å². The summed E-state index contributed by atoms with van der Waals surface area (Å²) in [4.78, 5) is 42.9. The molecule has 1 aliphatic carbocycles. The van der Waals surface area contributed by atoms with Crippen molar-refractivity contribution >= 4 is 57.4 Å². The summed E-state index contributed by atoms with van der Waals surface area (Å²) >= 11 is 2.02. The van der Waals surface area contributed by atoms with Crippen LogP contribution in [0.15, 0.2) is 95.8 Å². The Morgan fingerprint density at radius 3 is 2.20 bits per heavy atom. The maximum absolute atomic E-state index is 14.4. The van der Waals surface area contributed by atoms with Crippen LogP contribution < -0.4 is 20.9 Å². The first-order chi connectivity index (χ1) is 25.8. The highest BCUT2D eigenvalue weighted by atomic mass is 127. The van der Waals surface area contributed by atoms with Crippen molar-refractivity contribution in [3.8, 4) is 0 Å². The number of allylic oxidation sites excluding steroid dienone is 8. The number of benzene rings is 2. The van der Waals surface area contributed by atoms with E-state index in [1.807, 2.05) is 29.5 Å². The third-order valence-corrected chi connectivity index (χ3v) is 11.8. The highest BCUT2D eigenvalue weighted by molar-refractivity contribution is 14.1. The molecule has 54 heavy (non-hydrogen) atoms. The number of amides is 3. The molecule has 0 bridgehead atoms. The predicted octanol–water partition coefficient (Wildman–Crippen LogP) is 7.95. The Balaban J connectivity index is 1.61. The smallest absolute Gasteiger partial charge is 0.236 e. The molecule has 0 spiro atoms. The average Bonchev–Trinajstić information content (AvgIpc) is 3.51. The SMILES string of the molecule is CCCCN1C(=CC=C2C=C(C=CC3=[N+](CCC)c4ccccc4C3(C)C)CC(C(=O)NCC)(C(=O)NCCNC(=O)CI)C2)C(C)(C)c2ccccc21. The van der Waals surface area contributed by atoms with E-state index in [4.69, 9.17) is 0 Å². The van der Waals surface area contributed by atoms with Gasteiger partial charge in [-0.15, -0.1) is 0 Å². The lowest BCUT2D eigenvalue weighted by molar-refractivity contribution is -0.437. The van der Waals surface area contributed by atoms with Crippen LogP contribution in [0.25, 0.3) is 0 Å². The molecule has 0 radical (unpaired) electrons. The third kappa shape index (κ3) is 8.31. The Morgan fingerprint density at radius 2 is 1.50 bits per heavy atom. The molecule has 2 aromatic carbocycles. The van der Waals surface area contributed by atoms with Gasteiger partial charge in [0, 0.05) is 67.1 Å². The molecule has 0 fully saturated rings. The molecule has 0 saturated carbocycles. The van der Waals surface area contributed by atoms with Crippen molar-refractivity contribution in [3.63, 3.8) is 0 Å². The first-order valence-electron chi connectivity index (χ1n) is 19.7. The Hall–Kier alpha value is -3.99. The Morgan fingerprint density at radius 1 is 0.815 bits per heavy atom. The van der Waals surface area contributed by atoms with Gasteiger partial charge < -0.3 is 20.9 Å². The summed E-state index contributed by atoms with van der Waals surface area (Å²) in [6.45, 7) is 18.1. The zero-order valence-electron chi connectivity index (χ0n) is 33.3. The van der Waals surface area contributed by atoms with E-state index in [2.05, 4.69) is 146 Å². The topological polar surface area (TPSA) is 93.6 Å². The van der Waals surface area contributed by atoms with Crippen molar-refractivity contribution in [1.82, 2.24) is 16.0 Å². The fourth-order valence-corrected chi connectivity index (χ4v) is 8.61. The van der Waals surface area contributed by atoms with Crippen molar-refractivity contribution in [3.05, 3.63) is 107 Å². The Labute approximate surface area is 336 Å². The molecule has 3 amide bonds. The van der Waals surface area contributed by atoms with Crippen LogP contribution in [0.3, 0.4) is 0 Å². The number of nitrogens with one attached hydrogen (secondary N) is 3.